The lowest BCUT2D eigenvalue weighted by Gasteiger charge is -2.32. The number of nitrogens with zero attached hydrogens (tertiary/aromatic N) is 1. The fourth-order valence-electron chi connectivity index (χ4n) is 3.63. The van der Waals surface area contributed by atoms with Gasteiger partial charge in [0.05, 0.1) is 5.75 Å². The van der Waals surface area contributed by atoms with Crippen LogP contribution in [0.2, 0.25) is 0 Å². The van der Waals surface area contributed by atoms with Gasteiger partial charge >= 0.3 is 5.97 Å². The number of halogens is 1. The van der Waals surface area contributed by atoms with Crippen molar-refractivity contribution in [3.63, 3.8) is 0 Å². The molecule has 1 saturated heterocycles. The minimum Gasteiger partial charge on any atom is -0.480 e. The van der Waals surface area contributed by atoms with E-state index in [1.165, 1.54) is 12.7 Å². The summed E-state index contributed by atoms with van der Waals surface area (Å²) >= 11 is 0. The van der Waals surface area contributed by atoms with Crippen molar-refractivity contribution in [2.75, 3.05) is 18.6 Å². The van der Waals surface area contributed by atoms with Gasteiger partial charge in [0, 0.05) is 18.8 Å². The first-order chi connectivity index (χ1) is 8.88. The Kier molecular flexibility index (Phi) is 6.28. The molecule has 1 saturated carbocycles. The summed E-state index contributed by atoms with van der Waals surface area (Å²) in [6, 6.07) is -0.0536. The number of aliphatic carboxylic acids is 1. The van der Waals surface area contributed by atoms with Gasteiger partial charge < -0.3 is 5.11 Å². The summed E-state index contributed by atoms with van der Waals surface area (Å²) in [6.45, 7) is 0.588. The van der Waals surface area contributed by atoms with Gasteiger partial charge in [-0.3, -0.25) is 9.69 Å². The number of likely N-dealkylation sites (tertiary alicyclic amines) is 1. The van der Waals surface area contributed by atoms with Crippen LogP contribution in [-0.2, 0) is 14.6 Å². The third kappa shape index (κ3) is 4.33. The number of rotatable bonds is 5. The van der Waals surface area contributed by atoms with Crippen molar-refractivity contribution in [3.8, 4) is 0 Å². The molecule has 0 aromatic rings. The molecule has 0 bridgehead atoms. The molecule has 2 aliphatic rings. The topological polar surface area (TPSA) is 74.7 Å². The summed E-state index contributed by atoms with van der Waals surface area (Å²) < 4.78 is 22.3. The molecule has 0 spiro atoms. The molecule has 118 valence electrons. The Hall–Kier alpha value is -0.330. The second-order valence-corrected chi connectivity index (χ2v) is 8.18. The first-order valence-corrected chi connectivity index (χ1v) is 9.11. The van der Waals surface area contributed by atoms with Crippen molar-refractivity contribution >= 4 is 28.2 Å². The predicted octanol–water partition coefficient (Wildman–Crippen LogP) is 1.56. The molecule has 3 atom stereocenters. The third-order valence-corrected chi connectivity index (χ3v) is 5.47. The fraction of sp³-hybridized carbons (Fsp3) is 0.923. The van der Waals surface area contributed by atoms with Gasteiger partial charge in [-0.25, -0.2) is 8.42 Å². The van der Waals surface area contributed by atoms with Gasteiger partial charge in [0.1, 0.15) is 15.9 Å². The van der Waals surface area contributed by atoms with Gasteiger partial charge in [-0.2, -0.15) is 0 Å². The van der Waals surface area contributed by atoms with Crippen LogP contribution in [-0.4, -0.2) is 55.0 Å². The molecule has 1 aliphatic carbocycles. The highest BCUT2D eigenvalue weighted by Gasteiger charge is 2.44. The minimum absolute atomic E-state index is 0. The van der Waals surface area contributed by atoms with Crippen molar-refractivity contribution in [3.05, 3.63) is 0 Å². The Balaban J connectivity index is 0.00000200. The average Bonchev–Trinajstić information content (AvgIpc) is 2.67. The van der Waals surface area contributed by atoms with Crippen molar-refractivity contribution < 1.29 is 18.3 Å². The van der Waals surface area contributed by atoms with Gasteiger partial charge in [0.2, 0.25) is 0 Å². The molecule has 1 N–H and O–H groups in total. The van der Waals surface area contributed by atoms with E-state index in [0.29, 0.717) is 24.9 Å². The summed E-state index contributed by atoms with van der Waals surface area (Å²) in [6.07, 6.45) is 7.05. The summed E-state index contributed by atoms with van der Waals surface area (Å²) in [4.78, 5) is 13.4. The highest BCUT2D eigenvalue weighted by molar-refractivity contribution is 7.90. The molecule has 0 radical (unpaired) electrons. The van der Waals surface area contributed by atoms with Gasteiger partial charge in [0.25, 0.3) is 0 Å². The zero-order chi connectivity index (χ0) is 14.0. The van der Waals surface area contributed by atoms with E-state index in [1.54, 1.807) is 0 Å². The molecule has 3 unspecified atom stereocenters. The SMILES string of the molecule is CS(=O)(=O)CCCN1C(C(=O)O)CC2CCCCC21.Cl. The molecule has 0 amide bonds. The van der Waals surface area contributed by atoms with Crippen molar-refractivity contribution in [2.45, 2.75) is 50.6 Å². The first-order valence-electron chi connectivity index (χ1n) is 7.05. The van der Waals surface area contributed by atoms with E-state index >= 15 is 0 Å². The number of sulfone groups is 1. The highest BCUT2D eigenvalue weighted by atomic mass is 35.5. The minimum atomic E-state index is -2.96. The number of carboxylic acid groups (broad SMARTS) is 1. The van der Waals surface area contributed by atoms with Crippen LogP contribution in [0.1, 0.15) is 38.5 Å². The highest BCUT2D eigenvalue weighted by Crippen LogP contribution is 2.39. The van der Waals surface area contributed by atoms with E-state index in [4.69, 9.17) is 0 Å². The van der Waals surface area contributed by atoms with Crippen LogP contribution >= 0.6 is 12.4 Å². The molecule has 0 aromatic heterocycles. The molecule has 0 aromatic carbocycles. The zero-order valence-corrected chi connectivity index (χ0v) is 13.5. The Morgan fingerprint density at radius 1 is 1.30 bits per heavy atom. The number of fused-ring (bicyclic) bond motifs is 1. The van der Waals surface area contributed by atoms with Crippen LogP contribution in [0.25, 0.3) is 0 Å². The molecule has 1 heterocycles. The molecule has 5 nitrogen and oxygen atoms in total. The van der Waals surface area contributed by atoms with Gasteiger partial charge in [0.15, 0.2) is 0 Å². The average molecular weight is 326 g/mol. The molecule has 2 rings (SSSR count). The lowest BCUT2D eigenvalue weighted by molar-refractivity contribution is -0.142. The summed E-state index contributed by atoms with van der Waals surface area (Å²) in [5, 5.41) is 9.33. The van der Waals surface area contributed by atoms with E-state index < -0.39 is 21.8 Å². The number of hydrogen-bond donors (Lipinski definition) is 1. The maximum absolute atomic E-state index is 11.4. The largest absolute Gasteiger partial charge is 0.480 e. The normalized spacial score (nSPS) is 30.6. The summed E-state index contributed by atoms with van der Waals surface area (Å²) in [7, 11) is -2.96. The van der Waals surface area contributed by atoms with Crippen molar-refractivity contribution in [1.29, 1.82) is 0 Å². The van der Waals surface area contributed by atoms with Crippen LogP contribution in [0.5, 0.6) is 0 Å². The lowest BCUT2D eigenvalue weighted by Crippen LogP contribution is -2.43. The molecular weight excluding hydrogens is 302 g/mol. The van der Waals surface area contributed by atoms with E-state index in [9.17, 15) is 18.3 Å². The van der Waals surface area contributed by atoms with Gasteiger partial charge in [-0.05, 0) is 31.6 Å². The number of carboxylic acids is 1. The smallest absolute Gasteiger partial charge is 0.320 e. The van der Waals surface area contributed by atoms with E-state index in [-0.39, 0.29) is 18.2 Å². The summed E-state index contributed by atoms with van der Waals surface area (Å²) in [5.74, 6) is -0.116. The monoisotopic (exact) mass is 325 g/mol. The number of hydrogen-bond acceptors (Lipinski definition) is 4. The maximum atomic E-state index is 11.4. The number of carbonyl (C=O) groups is 1. The molecule has 2 fully saturated rings. The van der Waals surface area contributed by atoms with Crippen molar-refractivity contribution in [2.24, 2.45) is 5.92 Å². The van der Waals surface area contributed by atoms with Crippen LogP contribution < -0.4 is 0 Å². The Morgan fingerprint density at radius 2 is 1.95 bits per heavy atom. The first kappa shape index (κ1) is 17.7. The van der Waals surface area contributed by atoms with E-state index in [2.05, 4.69) is 4.90 Å². The second-order valence-electron chi connectivity index (χ2n) is 5.92. The molecule has 20 heavy (non-hydrogen) atoms. The van der Waals surface area contributed by atoms with Crippen LogP contribution in [0, 0.1) is 5.92 Å². The van der Waals surface area contributed by atoms with E-state index in [1.807, 2.05) is 0 Å². The molecule has 7 heteroatoms. The Bertz CT molecular complexity index is 440. The van der Waals surface area contributed by atoms with Crippen molar-refractivity contribution in [1.82, 2.24) is 4.90 Å². The van der Waals surface area contributed by atoms with Crippen LogP contribution in [0.15, 0.2) is 0 Å². The fourth-order valence-corrected chi connectivity index (χ4v) is 4.28. The van der Waals surface area contributed by atoms with Gasteiger partial charge in [-0.15, -0.1) is 12.4 Å². The Morgan fingerprint density at radius 3 is 2.55 bits per heavy atom. The predicted molar refractivity (Wildman–Crippen MR) is 80.1 cm³/mol. The Labute approximate surface area is 127 Å². The quantitative estimate of drug-likeness (QED) is 0.830. The zero-order valence-electron chi connectivity index (χ0n) is 11.8. The van der Waals surface area contributed by atoms with E-state index in [0.717, 1.165) is 25.7 Å². The second kappa shape index (κ2) is 7.09. The standard InChI is InChI=1S/C13H23NO4S.ClH/c1-19(17,18)8-4-7-14-11-6-3-2-5-10(11)9-12(14)13(15)16;/h10-12H,2-9H2,1H3,(H,15,16);1H. The third-order valence-electron chi connectivity index (χ3n) is 4.44. The molecule has 1 aliphatic heterocycles. The molecular formula is C13H24ClNO4S. The van der Waals surface area contributed by atoms with Crippen LogP contribution in [0.4, 0.5) is 0 Å². The van der Waals surface area contributed by atoms with Crippen LogP contribution in [0.3, 0.4) is 0 Å². The summed E-state index contributed by atoms with van der Waals surface area (Å²) in [5.41, 5.74) is 0. The lowest BCUT2D eigenvalue weighted by atomic mass is 9.85. The maximum Gasteiger partial charge on any atom is 0.320 e. The van der Waals surface area contributed by atoms with Gasteiger partial charge in [-0.1, -0.05) is 12.8 Å².